The summed E-state index contributed by atoms with van der Waals surface area (Å²) in [7, 11) is 1.60. The summed E-state index contributed by atoms with van der Waals surface area (Å²) in [5.74, 6) is 1.15. The van der Waals surface area contributed by atoms with Gasteiger partial charge in [0.15, 0.2) is 5.82 Å². The van der Waals surface area contributed by atoms with Crippen molar-refractivity contribution in [1.82, 2.24) is 14.9 Å². The van der Waals surface area contributed by atoms with E-state index >= 15 is 0 Å². The lowest BCUT2D eigenvalue weighted by atomic mass is 10.1. The Balaban J connectivity index is 1.44. The number of hydrogen-bond donors (Lipinski definition) is 1. The second-order valence-electron chi connectivity index (χ2n) is 6.06. The smallest absolute Gasteiger partial charge is 0.290 e. The van der Waals surface area contributed by atoms with E-state index < -0.39 is 0 Å². The lowest BCUT2D eigenvalue weighted by Gasteiger charge is -2.38. The molecule has 0 saturated carbocycles. The normalized spacial score (nSPS) is 14.1. The van der Waals surface area contributed by atoms with Crippen molar-refractivity contribution in [2.45, 2.75) is 6.10 Å². The van der Waals surface area contributed by atoms with Crippen molar-refractivity contribution in [2.24, 2.45) is 0 Å². The molecule has 132 valence electrons. The van der Waals surface area contributed by atoms with Gasteiger partial charge in [-0.25, -0.2) is 4.98 Å². The molecule has 1 aromatic heterocycles. The van der Waals surface area contributed by atoms with Crippen molar-refractivity contribution in [1.29, 1.82) is 0 Å². The van der Waals surface area contributed by atoms with E-state index in [0.29, 0.717) is 35.5 Å². The highest BCUT2D eigenvalue weighted by molar-refractivity contribution is 5.93. The zero-order valence-corrected chi connectivity index (χ0v) is 14.1. The van der Waals surface area contributed by atoms with Gasteiger partial charge in [-0.05, 0) is 24.3 Å². The van der Waals surface area contributed by atoms with Gasteiger partial charge in [0.1, 0.15) is 17.6 Å². The molecule has 1 saturated heterocycles. The number of ether oxygens (including phenoxy) is 2. The molecule has 0 unspecified atom stereocenters. The first kappa shape index (κ1) is 16.1. The Morgan fingerprint density at radius 2 is 1.92 bits per heavy atom. The highest BCUT2D eigenvalue weighted by Gasteiger charge is 2.34. The molecule has 2 heterocycles. The summed E-state index contributed by atoms with van der Waals surface area (Å²) >= 11 is 0. The van der Waals surface area contributed by atoms with Crippen LogP contribution in [0.1, 0.15) is 10.6 Å². The number of fused-ring (bicyclic) bond motifs is 1. The van der Waals surface area contributed by atoms with Crippen molar-refractivity contribution < 1.29 is 14.3 Å². The summed E-state index contributed by atoms with van der Waals surface area (Å²) in [5.41, 5.74) is 0.188. The minimum Gasteiger partial charge on any atom is -0.497 e. The molecule has 0 spiro atoms. The van der Waals surface area contributed by atoms with Gasteiger partial charge >= 0.3 is 0 Å². The van der Waals surface area contributed by atoms with Crippen LogP contribution in [0.4, 0.5) is 0 Å². The molecule has 1 amide bonds. The van der Waals surface area contributed by atoms with E-state index in [1.165, 1.54) is 0 Å². The van der Waals surface area contributed by atoms with Crippen molar-refractivity contribution in [3.63, 3.8) is 0 Å². The number of rotatable bonds is 4. The fourth-order valence-electron chi connectivity index (χ4n) is 2.88. The molecule has 1 aliphatic heterocycles. The number of methoxy groups -OCH3 is 1. The average molecular weight is 351 g/mol. The van der Waals surface area contributed by atoms with Gasteiger partial charge in [-0.2, -0.15) is 0 Å². The van der Waals surface area contributed by atoms with Gasteiger partial charge in [-0.1, -0.05) is 18.2 Å². The molecule has 4 rings (SSSR count). The standard InChI is InChI=1S/C19H17N3O4/c1-25-12-5-4-6-13(9-12)26-14-10-22(11-14)19(24)17-20-16-8-3-2-7-15(16)18(23)21-17/h2-9,14H,10-11H2,1H3,(H,20,21,23). The molecule has 0 bridgehead atoms. The second kappa shape index (κ2) is 6.51. The molecule has 3 aromatic rings. The van der Waals surface area contributed by atoms with Crippen molar-refractivity contribution >= 4 is 16.8 Å². The first-order chi connectivity index (χ1) is 12.6. The molecule has 0 atom stereocenters. The maximum Gasteiger partial charge on any atom is 0.290 e. The fourth-order valence-corrected chi connectivity index (χ4v) is 2.88. The van der Waals surface area contributed by atoms with Crippen LogP contribution in [0.3, 0.4) is 0 Å². The van der Waals surface area contributed by atoms with Crippen LogP contribution in [0.5, 0.6) is 11.5 Å². The summed E-state index contributed by atoms with van der Waals surface area (Å²) < 4.78 is 11.0. The summed E-state index contributed by atoms with van der Waals surface area (Å²) in [6.07, 6.45) is -0.0989. The molecule has 1 N–H and O–H groups in total. The Kier molecular flexibility index (Phi) is 4.04. The van der Waals surface area contributed by atoms with Crippen molar-refractivity contribution in [3.05, 3.63) is 64.7 Å². The SMILES string of the molecule is COc1cccc(OC2CN(C(=O)c3nc4ccccc4c(=O)[nH]3)C2)c1. The van der Waals surface area contributed by atoms with E-state index in [0.717, 1.165) is 0 Å². The van der Waals surface area contributed by atoms with Crippen molar-refractivity contribution in [3.8, 4) is 11.5 Å². The molecular formula is C19H17N3O4. The molecular weight excluding hydrogens is 334 g/mol. The Morgan fingerprint density at radius 1 is 1.15 bits per heavy atom. The summed E-state index contributed by atoms with van der Waals surface area (Å²) in [6, 6.07) is 14.3. The van der Waals surface area contributed by atoms with E-state index in [1.54, 1.807) is 42.3 Å². The monoisotopic (exact) mass is 351 g/mol. The van der Waals surface area contributed by atoms with Gasteiger partial charge in [0.2, 0.25) is 0 Å². The topological polar surface area (TPSA) is 84.5 Å². The summed E-state index contributed by atoms with van der Waals surface area (Å²) in [5, 5.41) is 0.465. The number of nitrogens with one attached hydrogen (secondary N) is 1. The number of para-hydroxylation sites is 1. The third-order valence-corrected chi connectivity index (χ3v) is 4.29. The minimum atomic E-state index is -0.316. The third-order valence-electron chi connectivity index (χ3n) is 4.29. The van der Waals surface area contributed by atoms with Gasteiger partial charge in [-0.3, -0.25) is 9.59 Å². The van der Waals surface area contributed by atoms with E-state index in [4.69, 9.17) is 9.47 Å². The maximum absolute atomic E-state index is 12.5. The number of H-pyrrole nitrogens is 1. The van der Waals surface area contributed by atoms with Crippen LogP contribution < -0.4 is 15.0 Å². The van der Waals surface area contributed by atoms with Crippen LogP contribution in [0.25, 0.3) is 10.9 Å². The number of aromatic amines is 1. The summed E-state index contributed by atoms with van der Waals surface area (Å²) in [6.45, 7) is 0.874. The number of amides is 1. The second-order valence-corrected chi connectivity index (χ2v) is 6.06. The first-order valence-electron chi connectivity index (χ1n) is 8.23. The van der Waals surface area contributed by atoms with Gasteiger partial charge in [0, 0.05) is 6.07 Å². The van der Waals surface area contributed by atoms with Crippen LogP contribution in [0, 0.1) is 0 Å². The number of carbonyl (C=O) groups excluding carboxylic acids is 1. The number of nitrogens with zero attached hydrogens (tertiary/aromatic N) is 2. The lowest BCUT2D eigenvalue weighted by Crippen LogP contribution is -2.56. The molecule has 0 radical (unpaired) electrons. The van der Waals surface area contributed by atoms with Gasteiger partial charge in [0.25, 0.3) is 11.5 Å². The zero-order chi connectivity index (χ0) is 18.1. The minimum absolute atomic E-state index is 0.0496. The molecule has 26 heavy (non-hydrogen) atoms. The molecule has 1 aliphatic rings. The average Bonchev–Trinajstić information content (AvgIpc) is 2.64. The Hall–Kier alpha value is -3.35. The van der Waals surface area contributed by atoms with Gasteiger partial charge in [-0.15, -0.1) is 0 Å². The fraction of sp³-hybridized carbons (Fsp3) is 0.211. The van der Waals surface area contributed by atoms with Crippen molar-refractivity contribution in [2.75, 3.05) is 20.2 Å². The predicted octanol–water partition coefficient (Wildman–Crippen LogP) is 1.84. The number of carbonyl (C=O) groups is 1. The molecule has 7 heteroatoms. The van der Waals surface area contributed by atoms with Crippen LogP contribution in [0.15, 0.2) is 53.3 Å². The highest BCUT2D eigenvalue weighted by atomic mass is 16.5. The van der Waals surface area contributed by atoms with Crippen LogP contribution in [-0.4, -0.2) is 47.1 Å². The highest BCUT2D eigenvalue weighted by Crippen LogP contribution is 2.23. The third kappa shape index (κ3) is 2.99. The number of hydrogen-bond acceptors (Lipinski definition) is 5. The van der Waals surface area contributed by atoms with Crippen LogP contribution >= 0.6 is 0 Å². The number of aromatic nitrogens is 2. The molecule has 0 aliphatic carbocycles. The van der Waals surface area contributed by atoms with E-state index in [-0.39, 0.29) is 23.4 Å². The summed E-state index contributed by atoms with van der Waals surface area (Å²) in [4.78, 5) is 33.1. The lowest BCUT2D eigenvalue weighted by molar-refractivity contribution is 0.0168. The molecule has 2 aromatic carbocycles. The number of benzene rings is 2. The largest absolute Gasteiger partial charge is 0.497 e. The maximum atomic E-state index is 12.5. The van der Waals surface area contributed by atoms with Crippen LogP contribution in [0.2, 0.25) is 0 Å². The van der Waals surface area contributed by atoms with Crippen LogP contribution in [-0.2, 0) is 0 Å². The van der Waals surface area contributed by atoms with Gasteiger partial charge in [0.05, 0.1) is 31.1 Å². The first-order valence-corrected chi connectivity index (χ1v) is 8.23. The Bertz CT molecular complexity index is 1020. The quantitative estimate of drug-likeness (QED) is 0.775. The van der Waals surface area contributed by atoms with Gasteiger partial charge < -0.3 is 19.4 Å². The number of likely N-dealkylation sites (tertiary alicyclic amines) is 1. The molecule has 7 nitrogen and oxygen atoms in total. The Morgan fingerprint density at radius 3 is 2.73 bits per heavy atom. The van der Waals surface area contributed by atoms with E-state index in [1.807, 2.05) is 18.2 Å². The predicted molar refractivity (Wildman–Crippen MR) is 95.7 cm³/mol. The Labute approximate surface area is 149 Å². The van der Waals surface area contributed by atoms with E-state index in [9.17, 15) is 9.59 Å². The zero-order valence-electron chi connectivity index (χ0n) is 14.1. The molecule has 1 fully saturated rings. The van der Waals surface area contributed by atoms with E-state index in [2.05, 4.69) is 9.97 Å².